The third-order valence-corrected chi connectivity index (χ3v) is 5.57. The van der Waals surface area contributed by atoms with Crippen molar-refractivity contribution in [3.8, 4) is 0 Å². The summed E-state index contributed by atoms with van der Waals surface area (Å²) >= 11 is 0. The highest BCUT2D eigenvalue weighted by molar-refractivity contribution is 6.17. The monoisotopic (exact) mass is 357 g/mol. The van der Waals surface area contributed by atoms with Crippen LogP contribution in [0.3, 0.4) is 0 Å². The number of benzene rings is 1. The van der Waals surface area contributed by atoms with E-state index >= 15 is 0 Å². The number of aliphatic imine (C=N–C) groups is 1. The van der Waals surface area contributed by atoms with Crippen LogP contribution in [0.1, 0.15) is 36.0 Å². The van der Waals surface area contributed by atoms with Gasteiger partial charge in [-0.2, -0.15) is 0 Å². The molecule has 5 heteroatoms. The van der Waals surface area contributed by atoms with Crippen LogP contribution in [0, 0.1) is 5.92 Å². The first-order chi connectivity index (χ1) is 13.2. The molecule has 0 fully saturated rings. The molecule has 1 aliphatic heterocycles. The van der Waals surface area contributed by atoms with E-state index < -0.39 is 0 Å². The third-order valence-electron chi connectivity index (χ3n) is 5.57. The lowest BCUT2D eigenvalue weighted by Crippen LogP contribution is -2.37. The predicted molar refractivity (Wildman–Crippen MR) is 104 cm³/mol. The summed E-state index contributed by atoms with van der Waals surface area (Å²) in [5.74, 6) is -0.174. The summed E-state index contributed by atoms with van der Waals surface area (Å²) in [6.45, 7) is 0. The summed E-state index contributed by atoms with van der Waals surface area (Å²) in [5.41, 5.74) is 5.04. The number of para-hydroxylation sites is 1. The molecule has 0 radical (unpaired) electrons. The van der Waals surface area contributed by atoms with E-state index in [4.69, 9.17) is 0 Å². The van der Waals surface area contributed by atoms with Gasteiger partial charge in [-0.05, 0) is 49.5 Å². The zero-order chi connectivity index (χ0) is 18.4. The summed E-state index contributed by atoms with van der Waals surface area (Å²) < 4.78 is 0. The average Bonchev–Trinajstić information content (AvgIpc) is 3.12. The van der Waals surface area contributed by atoms with Crippen LogP contribution in [-0.4, -0.2) is 22.5 Å². The lowest BCUT2D eigenvalue weighted by Gasteiger charge is -2.33. The SMILES string of the molecule is O=C1NC2=CC(=NC(=O)c3c[nH]c4ccccc34)C=CC2C2=C1CCCC2. The molecule has 2 aliphatic carbocycles. The number of hydrogen-bond acceptors (Lipinski definition) is 2. The van der Waals surface area contributed by atoms with Gasteiger partial charge in [0.2, 0.25) is 0 Å². The first-order valence-electron chi connectivity index (χ1n) is 9.33. The van der Waals surface area contributed by atoms with Gasteiger partial charge < -0.3 is 10.3 Å². The lowest BCUT2D eigenvalue weighted by molar-refractivity contribution is -0.117. The molecule has 1 atom stereocenters. The van der Waals surface area contributed by atoms with E-state index in [1.165, 1.54) is 5.57 Å². The number of carbonyl (C=O) groups is 2. The van der Waals surface area contributed by atoms with E-state index in [2.05, 4.69) is 21.4 Å². The highest BCUT2D eigenvalue weighted by Crippen LogP contribution is 2.38. The lowest BCUT2D eigenvalue weighted by atomic mass is 9.77. The minimum Gasteiger partial charge on any atom is -0.360 e. The second kappa shape index (κ2) is 6.20. The Morgan fingerprint density at radius 2 is 2.00 bits per heavy atom. The molecule has 5 nitrogen and oxygen atoms in total. The van der Waals surface area contributed by atoms with Crippen LogP contribution >= 0.6 is 0 Å². The standard InChI is InChI=1S/C22H19N3O2/c26-21-17-7-2-1-5-14(17)16-10-9-13(11-20(16)25-21)24-22(27)18-12-23-19-8-4-3-6-15(18)19/h3-4,6,8-12,16,23H,1-2,5,7H2,(H,25,26). The Kier molecular flexibility index (Phi) is 3.67. The number of carbonyl (C=O) groups excluding carboxylic acids is 2. The van der Waals surface area contributed by atoms with Crippen molar-refractivity contribution in [2.24, 2.45) is 10.9 Å². The molecule has 0 saturated carbocycles. The molecule has 2 aromatic rings. The summed E-state index contributed by atoms with van der Waals surface area (Å²) in [6, 6.07) is 7.66. The van der Waals surface area contributed by atoms with Gasteiger partial charge in [-0.3, -0.25) is 9.59 Å². The van der Waals surface area contributed by atoms with Crippen molar-refractivity contribution in [2.45, 2.75) is 25.7 Å². The van der Waals surface area contributed by atoms with Gasteiger partial charge in [-0.25, -0.2) is 4.99 Å². The third kappa shape index (κ3) is 2.67. The van der Waals surface area contributed by atoms with Gasteiger partial charge >= 0.3 is 0 Å². The summed E-state index contributed by atoms with van der Waals surface area (Å²) in [6.07, 6.45) is 11.5. The Labute approximate surface area is 156 Å². The second-order valence-electron chi connectivity index (χ2n) is 7.19. The van der Waals surface area contributed by atoms with Crippen molar-refractivity contribution in [2.75, 3.05) is 0 Å². The number of nitrogens with zero attached hydrogens (tertiary/aromatic N) is 1. The molecule has 27 heavy (non-hydrogen) atoms. The Hall–Kier alpha value is -3.21. The second-order valence-corrected chi connectivity index (χ2v) is 7.19. The largest absolute Gasteiger partial charge is 0.360 e. The molecule has 134 valence electrons. The van der Waals surface area contributed by atoms with Gasteiger partial charge in [-0.15, -0.1) is 0 Å². The van der Waals surface area contributed by atoms with Crippen LogP contribution in [-0.2, 0) is 4.79 Å². The van der Waals surface area contributed by atoms with Crippen LogP contribution in [0.15, 0.2) is 70.5 Å². The Bertz CT molecular complexity index is 1100. The predicted octanol–water partition coefficient (Wildman–Crippen LogP) is 3.82. The van der Waals surface area contributed by atoms with Crippen LogP contribution in [0.2, 0.25) is 0 Å². The molecular formula is C22H19N3O2. The number of amides is 2. The van der Waals surface area contributed by atoms with Crippen molar-refractivity contribution in [1.29, 1.82) is 0 Å². The minimum atomic E-state index is -0.290. The number of rotatable bonds is 1. The van der Waals surface area contributed by atoms with Crippen molar-refractivity contribution >= 4 is 28.4 Å². The van der Waals surface area contributed by atoms with Gasteiger partial charge in [0.05, 0.1) is 11.3 Å². The molecule has 0 bridgehead atoms. The van der Waals surface area contributed by atoms with E-state index in [0.29, 0.717) is 11.3 Å². The van der Waals surface area contributed by atoms with E-state index in [1.54, 1.807) is 6.20 Å². The summed E-state index contributed by atoms with van der Waals surface area (Å²) in [4.78, 5) is 32.5. The van der Waals surface area contributed by atoms with Crippen molar-refractivity contribution < 1.29 is 9.59 Å². The van der Waals surface area contributed by atoms with Gasteiger partial charge in [0.25, 0.3) is 11.8 Å². The van der Waals surface area contributed by atoms with Crippen LogP contribution in [0.25, 0.3) is 10.9 Å². The highest BCUT2D eigenvalue weighted by atomic mass is 16.2. The molecule has 0 saturated heterocycles. The van der Waals surface area contributed by atoms with E-state index in [0.717, 1.165) is 47.9 Å². The Morgan fingerprint density at radius 3 is 2.93 bits per heavy atom. The van der Waals surface area contributed by atoms with E-state index in [9.17, 15) is 9.59 Å². The molecule has 1 aromatic heterocycles. The number of aromatic nitrogens is 1. The maximum Gasteiger partial charge on any atom is 0.279 e. The first-order valence-corrected chi connectivity index (χ1v) is 9.33. The van der Waals surface area contributed by atoms with Crippen LogP contribution < -0.4 is 5.32 Å². The number of hydrogen-bond donors (Lipinski definition) is 2. The fourth-order valence-corrected chi connectivity index (χ4v) is 4.25. The number of aromatic amines is 1. The van der Waals surface area contributed by atoms with Crippen molar-refractivity contribution in [1.82, 2.24) is 10.3 Å². The maximum absolute atomic E-state index is 12.7. The summed E-state index contributed by atoms with van der Waals surface area (Å²) in [7, 11) is 0. The molecule has 5 rings (SSSR count). The molecule has 2 N–H and O–H groups in total. The Balaban J connectivity index is 1.47. The van der Waals surface area contributed by atoms with Gasteiger partial charge in [0, 0.05) is 34.3 Å². The number of H-pyrrole nitrogens is 1. The van der Waals surface area contributed by atoms with E-state index in [-0.39, 0.29) is 17.7 Å². The fraction of sp³-hybridized carbons (Fsp3) is 0.227. The smallest absolute Gasteiger partial charge is 0.279 e. The van der Waals surface area contributed by atoms with Gasteiger partial charge in [0.1, 0.15) is 0 Å². The fourth-order valence-electron chi connectivity index (χ4n) is 4.25. The quantitative estimate of drug-likeness (QED) is 0.814. The molecule has 0 spiro atoms. The molecule has 2 heterocycles. The molecule has 1 unspecified atom stereocenters. The minimum absolute atomic E-state index is 0.00445. The maximum atomic E-state index is 12.7. The van der Waals surface area contributed by atoms with Crippen molar-refractivity contribution in [3.63, 3.8) is 0 Å². The topological polar surface area (TPSA) is 74.3 Å². The normalized spacial score (nSPS) is 23.1. The van der Waals surface area contributed by atoms with Crippen LogP contribution in [0.5, 0.6) is 0 Å². The Morgan fingerprint density at radius 1 is 1.15 bits per heavy atom. The first kappa shape index (κ1) is 16.0. The average molecular weight is 357 g/mol. The van der Waals surface area contributed by atoms with Gasteiger partial charge in [-0.1, -0.05) is 24.3 Å². The molecule has 2 amide bonds. The summed E-state index contributed by atoms with van der Waals surface area (Å²) in [5, 5.41) is 3.86. The highest BCUT2D eigenvalue weighted by Gasteiger charge is 2.33. The molecule has 3 aliphatic rings. The van der Waals surface area contributed by atoms with E-state index in [1.807, 2.05) is 36.4 Å². The van der Waals surface area contributed by atoms with Crippen molar-refractivity contribution in [3.05, 3.63) is 71.1 Å². The molecule has 1 aromatic carbocycles. The molecular weight excluding hydrogens is 338 g/mol. The zero-order valence-electron chi connectivity index (χ0n) is 14.8. The van der Waals surface area contributed by atoms with Crippen LogP contribution in [0.4, 0.5) is 0 Å². The van der Waals surface area contributed by atoms with Gasteiger partial charge in [0.15, 0.2) is 0 Å². The number of fused-ring (bicyclic) bond motifs is 3. The number of allylic oxidation sites excluding steroid dienone is 3. The zero-order valence-corrected chi connectivity index (χ0v) is 14.8. The number of nitrogens with one attached hydrogen (secondary N) is 2.